The van der Waals surface area contributed by atoms with Gasteiger partial charge < -0.3 is 10.2 Å². The SMILES string of the molecule is CCCN(C(=O)Cc1ccc(F)c(Br)c1)C1CCNCC1.Cl. The Labute approximate surface area is 146 Å². The number of carbonyl (C=O) groups excluding carboxylic acids is 1. The first kappa shape index (κ1) is 19.4. The largest absolute Gasteiger partial charge is 0.339 e. The van der Waals surface area contributed by atoms with Crippen LogP contribution in [0.15, 0.2) is 22.7 Å². The number of piperidine rings is 1. The fraction of sp³-hybridized carbons (Fsp3) is 0.562. The van der Waals surface area contributed by atoms with Crippen LogP contribution in [-0.2, 0) is 11.2 Å². The zero-order valence-electron chi connectivity index (χ0n) is 12.8. The number of hydrogen-bond donors (Lipinski definition) is 1. The number of nitrogens with one attached hydrogen (secondary N) is 1. The highest BCUT2D eigenvalue weighted by molar-refractivity contribution is 9.10. The lowest BCUT2D eigenvalue weighted by Gasteiger charge is -2.34. The third-order valence-corrected chi connectivity index (χ3v) is 4.48. The molecule has 0 atom stereocenters. The molecule has 1 N–H and O–H groups in total. The molecule has 1 heterocycles. The predicted molar refractivity (Wildman–Crippen MR) is 92.9 cm³/mol. The van der Waals surface area contributed by atoms with E-state index in [1.165, 1.54) is 6.07 Å². The van der Waals surface area contributed by atoms with Crippen LogP contribution in [0.1, 0.15) is 31.7 Å². The molecule has 0 saturated carbocycles. The maximum absolute atomic E-state index is 13.3. The average molecular weight is 394 g/mol. The topological polar surface area (TPSA) is 32.3 Å². The van der Waals surface area contributed by atoms with Crippen LogP contribution in [0, 0.1) is 5.82 Å². The summed E-state index contributed by atoms with van der Waals surface area (Å²) in [6.07, 6.45) is 3.32. The van der Waals surface area contributed by atoms with Crippen LogP contribution in [0.3, 0.4) is 0 Å². The molecule has 0 spiro atoms. The zero-order valence-corrected chi connectivity index (χ0v) is 15.2. The lowest BCUT2D eigenvalue weighted by atomic mass is 10.0. The Bertz CT molecular complexity index is 495. The molecule has 6 heteroatoms. The average Bonchev–Trinajstić information content (AvgIpc) is 2.49. The molecule has 1 aromatic carbocycles. The molecule has 1 fully saturated rings. The van der Waals surface area contributed by atoms with E-state index in [1.54, 1.807) is 12.1 Å². The number of carbonyl (C=O) groups is 1. The Balaban J connectivity index is 0.00000242. The summed E-state index contributed by atoms with van der Waals surface area (Å²) in [5.74, 6) is -0.155. The van der Waals surface area contributed by atoms with Gasteiger partial charge in [-0.25, -0.2) is 4.39 Å². The minimum Gasteiger partial charge on any atom is -0.339 e. The number of amides is 1. The smallest absolute Gasteiger partial charge is 0.227 e. The summed E-state index contributed by atoms with van der Waals surface area (Å²) in [5.41, 5.74) is 0.850. The van der Waals surface area contributed by atoms with Gasteiger partial charge in [0.15, 0.2) is 0 Å². The Morgan fingerprint density at radius 2 is 2.09 bits per heavy atom. The van der Waals surface area contributed by atoms with Gasteiger partial charge in [0.05, 0.1) is 10.9 Å². The van der Waals surface area contributed by atoms with Crippen molar-refractivity contribution in [1.82, 2.24) is 10.2 Å². The molecular weight excluding hydrogens is 371 g/mol. The van der Waals surface area contributed by atoms with E-state index in [0.717, 1.165) is 44.5 Å². The second kappa shape index (κ2) is 9.48. The third-order valence-electron chi connectivity index (χ3n) is 3.87. The van der Waals surface area contributed by atoms with Crippen molar-refractivity contribution >= 4 is 34.2 Å². The lowest BCUT2D eigenvalue weighted by Crippen LogP contribution is -2.47. The summed E-state index contributed by atoms with van der Waals surface area (Å²) in [7, 11) is 0. The molecule has 2 rings (SSSR count). The van der Waals surface area contributed by atoms with E-state index in [4.69, 9.17) is 0 Å². The fourth-order valence-corrected chi connectivity index (χ4v) is 3.22. The van der Waals surface area contributed by atoms with Gasteiger partial charge in [0.2, 0.25) is 5.91 Å². The maximum Gasteiger partial charge on any atom is 0.227 e. The van der Waals surface area contributed by atoms with Crippen molar-refractivity contribution in [3.8, 4) is 0 Å². The first-order chi connectivity index (χ1) is 10.1. The Kier molecular flexibility index (Phi) is 8.36. The van der Waals surface area contributed by atoms with E-state index in [1.807, 2.05) is 4.90 Å². The van der Waals surface area contributed by atoms with Gasteiger partial charge in [0, 0.05) is 12.6 Å². The number of nitrogens with zero attached hydrogens (tertiary/aromatic N) is 1. The van der Waals surface area contributed by atoms with E-state index >= 15 is 0 Å². The standard InChI is InChI=1S/C16H22BrFN2O.ClH/c1-2-9-20(13-5-7-19-8-6-13)16(21)11-12-3-4-15(18)14(17)10-12;/h3-4,10,13,19H,2,5-9,11H2,1H3;1H. The van der Waals surface area contributed by atoms with Crippen molar-refractivity contribution < 1.29 is 9.18 Å². The molecule has 1 aliphatic rings. The van der Waals surface area contributed by atoms with Crippen molar-refractivity contribution in [2.24, 2.45) is 0 Å². The quantitative estimate of drug-likeness (QED) is 0.830. The summed E-state index contributed by atoms with van der Waals surface area (Å²) >= 11 is 3.17. The first-order valence-corrected chi connectivity index (χ1v) is 8.35. The van der Waals surface area contributed by atoms with Gasteiger partial charge in [-0.1, -0.05) is 13.0 Å². The number of halogens is 3. The van der Waals surface area contributed by atoms with E-state index in [-0.39, 0.29) is 24.1 Å². The van der Waals surface area contributed by atoms with Gasteiger partial charge in [0.1, 0.15) is 5.82 Å². The van der Waals surface area contributed by atoms with Crippen molar-refractivity contribution in [2.75, 3.05) is 19.6 Å². The van der Waals surface area contributed by atoms with Crippen molar-refractivity contribution in [3.05, 3.63) is 34.1 Å². The molecule has 1 aliphatic heterocycles. The molecule has 0 radical (unpaired) electrons. The molecule has 124 valence electrons. The normalized spacial score (nSPS) is 15.2. The second-order valence-corrected chi connectivity index (χ2v) is 6.35. The van der Waals surface area contributed by atoms with Gasteiger partial charge in [-0.3, -0.25) is 4.79 Å². The fourth-order valence-electron chi connectivity index (χ4n) is 2.80. The third kappa shape index (κ3) is 5.21. The van der Waals surface area contributed by atoms with Gasteiger partial charge in [-0.15, -0.1) is 12.4 Å². The Hall–Kier alpha value is -0.650. The molecule has 0 bridgehead atoms. The summed E-state index contributed by atoms with van der Waals surface area (Å²) in [5, 5.41) is 3.33. The minimum atomic E-state index is -0.296. The second-order valence-electron chi connectivity index (χ2n) is 5.49. The van der Waals surface area contributed by atoms with Crippen molar-refractivity contribution in [2.45, 2.75) is 38.6 Å². The molecule has 1 aromatic rings. The van der Waals surface area contributed by atoms with E-state index < -0.39 is 0 Å². The highest BCUT2D eigenvalue weighted by Crippen LogP contribution is 2.19. The first-order valence-electron chi connectivity index (χ1n) is 7.56. The zero-order chi connectivity index (χ0) is 15.2. The predicted octanol–water partition coefficient (Wildman–Crippen LogP) is 3.54. The van der Waals surface area contributed by atoms with Gasteiger partial charge in [0.25, 0.3) is 0 Å². The van der Waals surface area contributed by atoms with E-state index in [2.05, 4.69) is 28.2 Å². The minimum absolute atomic E-state index is 0. The van der Waals surface area contributed by atoms with Gasteiger partial charge >= 0.3 is 0 Å². The molecule has 3 nitrogen and oxygen atoms in total. The van der Waals surface area contributed by atoms with Crippen LogP contribution in [0.4, 0.5) is 4.39 Å². The van der Waals surface area contributed by atoms with Crippen LogP contribution in [0.25, 0.3) is 0 Å². The molecule has 22 heavy (non-hydrogen) atoms. The monoisotopic (exact) mass is 392 g/mol. The summed E-state index contributed by atoms with van der Waals surface area (Å²) in [6, 6.07) is 5.12. The van der Waals surface area contributed by atoms with Crippen LogP contribution in [-0.4, -0.2) is 36.5 Å². The van der Waals surface area contributed by atoms with E-state index in [9.17, 15) is 9.18 Å². The van der Waals surface area contributed by atoms with Gasteiger partial charge in [-0.05, 0) is 66.0 Å². The highest BCUT2D eigenvalue weighted by atomic mass is 79.9. The Morgan fingerprint density at radius 3 is 2.68 bits per heavy atom. The number of hydrogen-bond acceptors (Lipinski definition) is 2. The van der Waals surface area contributed by atoms with Crippen molar-refractivity contribution in [3.63, 3.8) is 0 Å². The molecular formula is C16H23BrClFN2O. The van der Waals surface area contributed by atoms with Crippen LogP contribution in [0.2, 0.25) is 0 Å². The van der Waals surface area contributed by atoms with E-state index in [0.29, 0.717) is 16.9 Å². The molecule has 1 amide bonds. The van der Waals surface area contributed by atoms with Crippen LogP contribution in [0.5, 0.6) is 0 Å². The number of rotatable bonds is 5. The molecule has 0 aromatic heterocycles. The molecule has 0 unspecified atom stereocenters. The summed E-state index contributed by atoms with van der Waals surface area (Å²) in [6.45, 7) is 4.84. The van der Waals surface area contributed by atoms with Gasteiger partial charge in [-0.2, -0.15) is 0 Å². The van der Waals surface area contributed by atoms with Crippen molar-refractivity contribution in [1.29, 1.82) is 0 Å². The maximum atomic E-state index is 13.3. The molecule has 1 saturated heterocycles. The number of benzene rings is 1. The van der Waals surface area contributed by atoms with Crippen LogP contribution < -0.4 is 5.32 Å². The summed E-state index contributed by atoms with van der Waals surface area (Å²) in [4.78, 5) is 14.6. The Morgan fingerprint density at radius 1 is 1.41 bits per heavy atom. The molecule has 0 aliphatic carbocycles. The highest BCUT2D eigenvalue weighted by Gasteiger charge is 2.24. The summed E-state index contributed by atoms with van der Waals surface area (Å²) < 4.78 is 13.7. The lowest BCUT2D eigenvalue weighted by molar-refractivity contribution is -0.133. The van der Waals surface area contributed by atoms with Crippen LogP contribution >= 0.6 is 28.3 Å².